The average Bonchev–Trinajstić information content (AvgIpc) is 3.12. The quantitative estimate of drug-likeness (QED) is 0.878. The van der Waals surface area contributed by atoms with Crippen molar-refractivity contribution in [2.45, 2.75) is 51.0 Å². The Balaban J connectivity index is 1.16. The number of aryl methyl sites for hydroxylation is 1. The predicted octanol–water partition coefficient (Wildman–Crippen LogP) is 4.22. The van der Waals surface area contributed by atoms with E-state index in [4.69, 9.17) is 4.42 Å². The van der Waals surface area contributed by atoms with Gasteiger partial charge in [-0.25, -0.2) is 4.98 Å². The molecule has 6 rings (SSSR count). The Hall–Kier alpha value is -2.10. The van der Waals surface area contributed by atoms with E-state index in [1.807, 2.05) is 30.3 Å². The second-order valence-corrected chi connectivity index (χ2v) is 8.51. The predicted molar refractivity (Wildman–Crippen MR) is 99.2 cm³/mol. The summed E-state index contributed by atoms with van der Waals surface area (Å²) in [5.74, 6) is 4.89. The van der Waals surface area contributed by atoms with Gasteiger partial charge in [-0.15, -0.1) is 0 Å². The second kappa shape index (κ2) is 6.57. The maximum absolute atomic E-state index is 12.5. The maximum Gasteiger partial charge on any atom is 0.220 e. The van der Waals surface area contributed by atoms with Crippen LogP contribution in [0.15, 0.2) is 40.9 Å². The highest BCUT2D eigenvalue weighted by Gasteiger charge is 2.48. The van der Waals surface area contributed by atoms with Gasteiger partial charge in [0.1, 0.15) is 0 Å². The molecule has 1 aromatic carbocycles. The fraction of sp³-hybridized carbons (Fsp3) is 0.545. The summed E-state index contributed by atoms with van der Waals surface area (Å²) in [6, 6.07) is 10.4. The lowest BCUT2D eigenvalue weighted by atomic mass is 9.54. The smallest absolute Gasteiger partial charge is 0.220 e. The number of carbonyl (C=O) groups is 1. The average molecular weight is 350 g/mol. The fourth-order valence-corrected chi connectivity index (χ4v) is 5.80. The molecule has 4 nitrogen and oxygen atoms in total. The van der Waals surface area contributed by atoms with Crippen LogP contribution in [-0.4, -0.2) is 16.9 Å². The molecule has 4 bridgehead atoms. The lowest BCUT2D eigenvalue weighted by Gasteiger charge is -2.54. The van der Waals surface area contributed by atoms with Gasteiger partial charge in [0.2, 0.25) is 5.91 Å². The molecule has 4 aliphatic rings. The molecular formula is C22H26N2O2. The Labute approximate surface area is 154 Å². The molecule has 4 aliphatic carbocycles. The molecule has 1 aromatic heterocycles. The van der Waals surface area contributed by atoms with E-state index in [2.05, 4.69) is 10.3 Å². The normalized spacial score (nSPS) is 31.9. The van der Waals surface area contributed by atoms with Crippen molar-refractivity contribution in [2.75, 3.05) is 0 Å². The van der Waals surface area contributed by atoms with Gasteiger partial charge in [0.25, 0.3) is 0 Å². The highest BCUT2D eigenvalue weighted by atomic mass is 16.4. The van der Waals surface area contributed by atoms with Crippen molar-refractivity contribution in [3.05, 3.63) is 42.4 Å². The van der Waals surface area contributed by atoms with E-state index in [1.54, 1.807) is 6.20 Å². The van der Waals surface area contributed by atoms with E-state index in [1.165, 1.54) is 32.1 Å². The molecule has 0 saturated heterocycles. The van der Waals surface area contributed by atoms with Crippen molar-refractivity contribution in [2.24, 2.45) is 23.7 Å². The van der Waals surface area contributed by atoms with E-state index in [0.29, 0.717) is 24.8 Å². The van der Waals surface area contributed by atoms with E-state index >= 15 is 0 Å². The zero-order valence-electron chi connectivity index (χ0n) is 15.1. The van der Waals surface area contributed by atoms with E-state index < -0.39 is 0 Å². The molecule has 1 N–H and O–H groups in total. The third-order valence-electron chi connectivity index (χ3n) is 6.73. The molecule has 4 fully saturated rings. The fourth-order valence-electron chi connectivity index (χ4n) is 5.80. The molecular weight excluding hydrogens is 324 g/mol. The SMILES string of the molecule is O=C(CCc1ncc(-c2ccccc2)o1)NC1C2CC3CC(C2)CC1C3. The molecule has 0 radical (unpaired) electrons. The summed E-state index contributed by atoms with van der Waals surface area (Å²) in [6.45, 7) is 0. The number of hydrogen-bond acceptors (Lipinski definition) is 3. The van der Waals surface area contributed by atoms with Crippen molar-refractivity contribution >= 4 is 5.91 Å². The van der Waals surface area contributed by atoms with Gasteiger partial charge in [-0.2, -0.15) is 0 Å². The van der Waals surface area contributed by atoms with Gasteiger partial charge < -0.3 is 9.73 Å². The molecule has 0 spiro atoms. The first-order valence-electron chi connectivity index (χ1n) is 10.0. The first kappa shape index (κ1) is 16.1. The van der Waals surface area contributed by atoms with Crippen LogP contribution in [0.25, 0.3) is 11.3 Å². The van der Waals surface area contributed by atoms with Gasteiger partial charge in [0.15, 0.2) is 11.7 Å². The summed E-state index contributed by atoms with van der Waals surface area (Å²) in [5.41, 5.74) is 1.02. The number of hydrogen-bond donors (Lipinski definition) is 1. The van der Waals surface area contributed by atoms with E-state index in [0.717, 1.165) is 35.0 Å². The molecule has 26 heavy (non-hydrogen) atoms. The molecule has 0 aliphatic heterocycles. The van der Waals surface area contributed by atoms with Crippen LogP contribution in [0.2, 0.25) is 0 Å². The monoisotopic (exact) mass is 350 g/mol. The first-order chi connectivity index (χ1) is 12.7. The number of rotatable bonds is 5. The number of nitrogens with zero attached hydrogens (tertiary/aromatic N) is 1. The Bertz CT molecular complexity index is 754. The Morgan fingerprint density at radius 2 is 1.73 bits per heavy atom. The third-order valence-corrected chi connectivity index (χ3v) is 6.73. The molecule has 4 saturated carbocycles. The first-order valence-corrected chi connectivity index (χ1v) is 10.0. The molecule has 1 amide bonds. The minimum Gasteiger partial charge on any atom is -0.441 e. The van der Waals surface area contributed by atoms with Gasteiger partial charge in [-0.05, 0) is 55.8 Å². The van der Waals surface area contributed by atoms with Crippen molar-refractivity contribution in [1.82, 2.24) is 10.3 Å². The van der Waals surface area contributed by atoms with Gasteiger partial charge in [-0.1, -0.05) is 30.3 Å². The minimum absolute atomic E-state index is 0.155. The molecule has 136 valence electrons. The number of amides is 1. The zero-order valence-corrected chi connectivity index (χ0v) is 15.1. The van der Waals surface area contributed by atoms with Crippen LogP contribution in [0.5, 0.6) is 0 Å². The van der Waals surface area contributed by atoms with Crippen molar-refractivity contribution < 1.29 is 9.21 Å². The number of benzene rings is 1. The number of nitrogens with one attached hydrogen (secondary N) is 1. The Kier molecular flexibility index (Phi) is 4.07. The highest BCUT2D eigenvalue weighted by Crippen LogP contribution is 2.53. The van der Waals surface area contributed by atoms with Crippen LogP contribution in [0.3, 0.4) is 0 Å². The van der Waals surface area contributed by atoms with E-state index in [-0.39, 0.29) is 5.91 Å². The van der Waals surface area contributed by atoms with Crippen molar-refractivity contribution in [3.8, 4) is 11.3 Å². The van der Waals surface area contributed by atoms with Gasteiger partial charge in [0, 0.05) is 24.4 Å². The van der Waals surface area contributed by atoms with Crippen LogP contribution in [0.4, 0.5) is 0 Å². The lowest BCUT2D eigenvalue weighted by molar-refractivity contribution is -0.125. The number of oxazole rings is 1. The molecule has 0 unspecified atom stereocenters. The minimum atomic E-state index is 0.155. The maximum atomic E-state index is 12.5. The molecule has 1 heterocycles. The van der Waals surface area contributed by atoms with Crippen LogP contribution in [0, 0.1) is 23.7 Å². The zero-order chi connectivity index (χ0) is 17.5. The van der Waals surface area contributed by atoms with Crippen LogP contribution < -0.4 is 5.32 Å². The Morgan fingerprint density at radius 1 is 1.04 bits per heavy atom. The van der Waals surface area contributed by atoms with Gasteiger partial charge in [-0.3, -0.25) is 4.79 Å². The second-order valence-electron chi connectivity index (χ2n) is 8.51. The van der Waals surface area contributed by atoms with Crippen LogP contribution in [-0.2, 0) is 11.2 Å². The largest absolute Gasteiger partial charge is 0.441 e. The lowest BCUT2D eigenvalue weighted by Crippen LogP contribution is -2.55. The molecule has 0 atom stereocenters. The summed E-state index contributed by atoms with van der Waals surface area (Å²) < 4.78 is 5.81. The summed E-state index contributed by atoms with van der Waals surface area (Å²) >= 11 is 0. The van der Waals surface area contributed by atoms with Crippen LogP contribution >= 0.6 is 0 Å². The van der Waals surface area contributed by atoms with Crippen molar-refractivity contribution in [1.29, 1.82) is 0 Å². The number of aromatic nitrogens is 1. The van der Waals surface area contributed by atoms with Gasteiger partial charge in [0.05, 0.1) is 6.20 Å². The number of carbonyl (C=O) groups excluding carboxylic acids is 1. The van der Waals surface area contributed by atoms with E-state index in [9.17, 15) is 4.79 Å². The van der Waals surface area contributed by atoms with Crippen molar-refractivity contribution in [3.63, 3.8) is 0 Å². The Morgan fingerprint density at radius 3 is 2.42 bits per heavy atom. The summed E-state index contributed by atoms with van der Waals surface area (Å²) in [5, 5.41) is 3.36. The summed E-state index contributed by atoms with van der Waals surface area (Å²) in [6.07, 6.45) is 9.54. The van der Waals surface area contributed by atoms with Gasteiger partial charge >= 0.3 is 0 Å². The summed E-state index contributed by atoms with van der Waals surface area (Å²) in [4.78, 5) is 16.8. The highest BCUT2D eigenvalue weighted by molar-refractivity contribution is 5.76. The summed E-state index contributed by atoms with van der Waals surface area (Å²) in [7, 11) is 0. The third kappa shape index (κ3) is 3.06. The molecule has 2 aromatic rings. The van der Waals surface area contributed by atoms with Crippen LogP contribution in [0.1, 0.15) is 44.4 Å². The standard InChI is InChI=1S/C22H26N2O2/c25-20(24-22-17-9-14-8-15(11-17)12-18(22)10-14)6-7-21-23-13-19(26-21)16-4-2-1-3-5-16/h1-5,13-15,17-18,22H,6-12H2,(H,24,25). The topological polar surface area (TPSA) is 55.1 Å². The molecule has 4 heteroatoms.